The second kappa shape index (κ2) is 4.82. The number of hydrogen-bond acceptors (Lipinski definition) is 7. The molecule has 1 aromatic rings. The molecule has 0 aliphatic heterocycles. The molecular weight excluding hydrogens is 306 g/mol. The number of rotatable bonds is 3. The SMILES string of the molecule is CS(=O)(=O)c1cc(OC(=O)Cl)cc(S(C)(=O)=O)n1. The molecule has 0 saturated carbocycles. The molecule has 0 bridgehead atoms. The Morgan fingerprint density at radius 1 is 1.11 bits per heavy atom. The summed E-state index contributed by atoms with van der Waals surface area (Å²) in [5.74, 6) is -0.314. The van der Waals surface area contributed by atoms with Crippen molar-refractivity contribution in [2.75, 3.05) is 12.5 Å². The van der Waals surface area contributed by atoms with E-state index in [0.29, 0.717) is 0 Å². The molecule has 0 fully saturated rings. The van der Waals surface area contributed by atoms with Crippen molar-refractivity contribution in [3.05, 3.63) is 12.1 Å². The van der Waals surface area contributed by atoms with Crippen LogP contribution in [-0.2, 0) is 19.7 Å². The van der Waals surface area contributed by atoms with Crippen LogP contribution in [0.2, 0.25) is 0 Å². The second-order valence-corrected chi connectivity index (χ2v) is 7.60. The van der Waals surface area contributed by atoms with Crippen molar-refractivity contribution in [2.45, 2.75) is 10.1 Å². The maximum Gasteiger partial charge on any atom is 0.409 e. The molecule has 0 aromatic carbocycles. The Morgan fingerprint density at radius 2 is 1.50 bits per heavy atom. The van der Waals surface area contributed by atoms with E-state index in [2.05, 4.69) is 9.72 Å². The second-order valence-electron chi connectivity index (χ2n) is 3.36. The predicted molar refractivity (Wildman–Crippen MR) is 62.3 cm³/mol. The lowest BCUT2D eigenvalue weighted by Crippen LogP contribution is -2.08. The average molecular weight is 314 g/mol. The van der Waals surface area contributed by atoms with E-state index in [1.807, 2.05) is 0 Å². The van der Waals surface area contributed by atoms with Gasteiger partial charge in [0, 0.05) is 36.2 Å². The fourth-order valence-corrected chi connectivity index (χ4v) is 2.33. The van der Waals surface area contributed by atoms with Gasteiger partial charge in [-0.3, -0.25) is 0 Å². The summed E-state index contributed by atoms with van der Waals surface area (Å²) in [5, 5.41) is -1.06. The molecule has 0 spiro atoms. The van der Waals surface area contributed by atoms with Gasteiger partial charge in [-0.15, -0.1) is 0 Å². The largest absolute Gasteiger partial charge is 0.414 e. The number of carbonyl (C=O) groups excluding carboxylic acids is 1. The van der Waals surface area contributed by atoms with Gasteiger partial charge < -0.3 is 4.74 Å². The van der Waals surface area contributed by atoms with Gasteiger partial charge in [-0.05, 0) is 0 Å². The summed E-state index contributed by atoms with van der Waals surface area (Å²) in [6, 6.07) is 1.81. The van der Waals surface area contributed by atoms with Gasteiger partial charge in [0.1, 0.15) is 5.75 Å². The van der Waals surface area contributed by atoms with E-state index in [1.54, 1.807) is 0 Å². The van der Waals surface area contributed by atoms with E-state index in [0.717, 1.165) is 24.6 Å². The molecule has 0 atom stereocenters. The van der Waals surface area contributed by atoms with Crippen LogP contribution >= 0.6 is 11.6 Å². The summed E-state index contributed by atoms with van der Waals surface area (Å²) in [7, 11) is -7.51. The molecule has 7 nitrogen and oxygen atoms in total. The van der Waals surface area contributed by atoms with Gasteiger partial charge >= 0.3 is 5.43 Å². The van der Waals surface area contributed by atoms with Crippen LogP contribution in [0.4, 0.5) is 4.79 Å². The highest BCUT2D eigenvalue weighted by Crippen LogP contribution is 2.21. The van der Waals surface area contributed by atoms with Crippen molar-refractivity contribution in [3.63, 3.8) is 0 Å². The van der Waals surface area contributed by atoms with Gasteiger partial charge in [0.15, 0.2) is 29.7 Å². The normalized spacial score (nSPS) is 12.2. The van der Waals surface area contributed by atoms with Gasteiger partial charge in [-0.2, -0.15) is 0 Å². The Bertz CT molecular complexity index is 644. The third-order valence-corrected chi connectivity index (χ3v) is 3.72. The quantitative estimate of drug-likeness (QED) is 0.753. The fourth-order valence-electron chi connectivity index (χ4n) is 0.990. The fraction of sp³-hybridized carbons (Fsp3) is 0.250. The molecule has 1 rings (SSSR count). The molecule has 100 valence electrons. The summed E-state index contributed by atoms with van der Waals surface area (Å²) in [4.78, 5) is 14.0. The molecule has 0 saturated heterocycles. The molecular formula is C8H8ClNO6S2. The number of carbonyl (C=O) groups is 1. The maximum atomic E-state index is 11.3. The molecule has 10 heteroatoms. The Balaban J connectivity index is 3.53. The van der Waals surface area contributed by atoms with Crippen molar-refractivity contribution in [3.8, 4) is 5.75 Å². The smallest absolute Gasteiger partial charge is 0.409 e. The molecule has 1 aromatic heterocycles. The summed E-state index contributed by atoms with van der Waals surface area (Å²) in [6.07, 6.45) is 1.68. The maximum absolute atomic E-state index is 11.3. The summed E-state index contributed by atoms with van der Waals surface area (Å²) in [5.41, 5.74) is -1.22. The van der Waals surface area contributed by atoms with E-state index >= 15 is 0 Å². The van der Waals surface area contributed by atoms with E-state index in [9.17, 15) is 21.6 Å². The van der Waals surface area contributed by atoms with Crippen molar-refractivity contribution in [2.24, 2.45) is 0 Å². The minimum atomic E-state index is -3.75. The van der Waals surface area contributed by atoms with E-state index in [1.165, 1.54) is 0 Å². The first-order valence-corrected chi connectivity index (χ1v) is 8.46. The van der Waals surface area contributed by atoms with Crippen LogP contribution in [0.3, 0.4) is 0 Å². The molecule has 0 N–H and O–H groups in total. The zero-order valence-corrected chi connectivity index (χ0v) is 11.6. The predicted octanol–water partition coefficient (Wildman–Crippen LogP) is 0.626. The average Bonchev–Trinajstić information content (AvgIpc) is 2.13. The highest BCUT2D eigenvalue weighted by molar-refractivity contribution is 7.91. The first-order valence-electron chi connectivity index (χ1n) is 4.29. The molecule has 18 heavy (non-hydrogen) atoms. The number of ether oxygens (including phenoxy) is 1. The van der Waals surface area contributed by atoms with E-state index in [-0.39, 0.29) is 5.75 Å². The number of sulfone groups is 2. The Morgan fingerprint density at radius 3 is 1.78 bits per heavy atom. The van der Waals surface area contributed by atoms with Crippen LogP contribution < -0.4 is 4.74 Å². The van der Waals surface area contributed by atoms with Gasteiger partial charge in [0.05, 0.1) is 0 Å². The Hall–Kier alpha value is -1.19. The Kier molecular flexibility index (Phi) is 3.99. The minimum absolute atomic E-state index is 0.314. The summed E-state index contributed by atoms with van der Waals surface area (Å²) in [6.45, 7) is 0. The minimum Gasteiger partial charge on any atom is -0.414 e. The van der Waals surface area contributed by atoms with Crippen LogP contribution in [0.1, 0.15) is 0 Å². The first kappa shape index (κ1) is 14.9. The molecule has 0 radical (unpaired) electrons. The first-order chi connectivity index (χ1) is 8.00. The van der Waals surface area contributed by atoms with Crippen LogP contribution in [0.25, 0.3) is 0 Å². The van der Waals surface area contributed by atoms with E-state index < -0.39 is 35.2 Å². The molecule has 0 aliphatic carbocycles. The highest BCUT2D eigenvalue weighted by Gasteiger charge is 2.18. The number of halogens is 1. The third kappa shape index (κ3) is 3.93. The third-order valence-electron chi connectivity index (χ3n) is 1.71. The summed E-state index contributed by atoms with van der Waals surface area (Å²) < 4.78 is 49.7. The zero-order valence-electron chi connectivity index (χ0n) is 9.25. The number of nitrogens with zero attached hydrogens (tertiary/aromatic N) is 1. The van der Waals surface area contributed by atoms with Gasteiger partial charge in [0.25, 0.3) is 0 Å². The zero-order chi connectivity index (χ0) is 14.1. The lowest BCUT2D eigenvalue weighted by molar-refractivity contribution is 0.225. The van der Waals surface area contributed by atoms with Crippen molar-refractivity contribution >= 4 is 36.7 Å². The van der Waals surface area contributed by atoms with Gasteiger partial charge in [-0.25, -0.2) is 26.6 Å². The Labute approximate surface area is 109 Å². The van der Waals surface area contributed by atoms with Crippen LogP contribution in [-0.4, -0.2) is 39.8 Å². The van der Waals surface area contributed by atoms with Crippen molar-refractivity contribution in [1.82, 2.24) is 4.98 Å². The van der Waals surface area contributed by atoms with E-state index in [4.69, 9.17) is 11.6 Å². The topological polar surface area (TPSA) is 107 Å². The monoisotopic (exact) mass is 313 g/mol. The number of aromatic nitrogens is 1. The van der Waals surface area contributed by atoms with Crippen molar-refractivity contribution < 1.29 is 26.4 Å². The molecule has 0 unspecified atom stereocenters. The summed E-state index contributed by atoms with van der Waals surface area (Å²) >= 11 is 4.97. The lowest BCUT2D eigenvalue weighted by atomic mass is 10.4. The van der Waals surface area contributed by atoms with Crippen LogP contribution in [0.5, 0.6) is 5.75 Å². The molecule has 1 heterocycles. The van der Waals surface area contributed by atoms with Crippen molar-refractivity contribution in [1.29, 1.82) is 0 Å². The number of hydrogen-bond donors (Lipinski definition) is 0. The van der Waals surface area contributed by atoms with Gasteiger partial charge in [0.2, 0.25) is 0 Å². The standard InChI is InChI=1S/C8H8ClNO6S2/c1-17(12,13)6-3-5(16-8(9)11)4-7(10-6)18(2,14)15/h3-4H,1-2H3. The molecule has 0 aliphatic rings. The van der Waals surface area contributed by atoms with Gasteiger partial charge in [-0.1, -0.05) is 0 Å². The van der Waals surface area contributed by atoms with Crippen LogP contribution in [0, 0.1) is 0 Å². The molecule has 0 amide bonds. The highest BCUT2D eigenvalue weighted by atomic mass is 35.5. The number of pyridine rings is 1. The van der Waals surface area contributed by atoms with Crippen LogP contribution in [0.15, 0.2) is 22.2 Å². The lowest BCUT2D eigenvalue weighted by Gasteiger charge is -2.05.